The van der Waals surface area contributed by atoms with Crippen molar-refractivity contribution in [1.82, 2.24) is 15.5 Å². The molecule has 0 aliphatic carbocycles. The number of likely N-dealkylation sites (N-methyl/N-ethyl adjacent to an activating group) is 1. The second-order valence-electron chi connectivity index (χ2n) is 14.5. The molecule has 1 heterocycles. The SMILES string of the molecule is CCC(C)c1cc(C)c(C2OC(CO)CC(O)C2O)cc1Cc1ccc(C=CC(C)(C)C(=O)NC(C)(C)C(=O)NCCN(C)C)cc1. The quantitative estimate of drug-likeness (QED) is 0.206. The standard InChI is InChI=1S/C38H57N3O6/c1-10-24(2)30-19-25(3)31(34-33(44)32(43)22-29(23-42)47-34)21-28(30)20-27-13-11-26(12-14-27)15-16-37(4,5)35(45)40-38(6,7)36(46)39-17-18-41(8)9/h11-16,19,21,24,29,32-34,42-44H,10,17-18,20,22-23H2,1-9H3,(H,39,46)(H,40,45). The predicted molar refractivity (Wildman–Crippen MR) is 187 cm³/mol. The average molecular weight is 652 g/mol. The highest BCUT2D eigenvalue weighted by Gasteiger charge is 2.38. The lowest BCUT2D eigenvalue weighted by atomic mass is 9.84. The van der Waals surface area contributed by atoms with Gasteiger partial charge in [0.1, 0.15) is 17.7 Å². The molecule has 47 heavy (non-hydrogen) atoms. The maximum Gasteiger partial charge on any atom is 0.245 e. The van der Waals surface area contributed by atoms with E-state index in [9.17, 15) is 24.9 Å². The Kier molecular flexibility index (Phi) is 13.3. The van der Waals surface area contributed by atoms with Crippen LogP contribution < -0.4 is 10.6 Å². The molecule has 260 valence electrons. The maximum atomic E-state index is 13.2. The summed E-state index contributed by atoms with van der Waals surface area (Å²) in [6.07, 6.45) is 2.32. The van der Waals surface area contributed by atoms with Crippen molar-refractivity contribution < 1.29 is 29.6 Å². The van der Waals surface area contributed by atoms with Gasteiger partial charge in [-0.3, -0.25) is 9.59 Å². The number of aliphatic hydroxyl groups excluding tert-OH is 3. The van der Waals surface area contributed by atoms with Gasteiger partial charge in [0, 0.05) is 19.5 Å². The number of rotatable bonds is 14. The van der Waals surface area contributed by atoms with Crippen molar-refractivity contribution in [2.75, 3.05) is 33.8 Å². The third kappa shape index (κ3) is 10.2. The van der Waals surface area contributed by atoms with Crippen molar-refractivity contribution >= 4 is 17.9 Å². The average Bonchev–Trinajstić information content (AvgIpc) is 3.01. The number of hydrogen-bond acceptors (Lipinski definition) is 7. The molecule has 5 atom stereocenters. The number of carbonyl (C=O) groups excluding carboxylic acids is 2. The molecule has 2 amide bonds. The summed E-state index contributed by atoms with van der Waals surface area (Å²) >= 11 is 0. The van der Waals surface area contributed by atoms with E-state index in [1.54, 1.807) is 13.8 Å². The third-order valence-corrected chi connectivity index (χ3v) is 9.22. The predicted octanol–water partition coefficient (Wildman–Crippen LogP) is 4.26. The Morgan fingerprint density at radius 3 is 2.34 bits per heavy atom. The lowest BCUT2D eigenvalue weighted by molar-refractivity contribution is -0.179. The molecule has 0 spiro atoms. The van der Waals surface area contributed by atoms with Crippen LogP contribution in [0, 0.1) is 12.3 Å². The van der Waals surface area contributed by atoms with Crippen LogP contribution in [0.4, 0.5) is 0 Å². The van der Waals surface area contributed by atoms with Crippen LogP contribution in [0.5, 0.6) is 0 Å². The van der Waals surface area contributed by atoms with Crippen molar-refractivity contribution in [3.05, 3.63) is 75.9 Å². The molecule has 3 rings (SSSR count). The Morgan fingerprint density at radius 1 is 1.09 bits per heavy atom. The molecule has 0 saturated carbocycles. The summed E-state index contributed by atoms with van der Waals surface area (Å²) in [6, 6.07) is 12.5. The van der Waals surface area contributed by atoms with Gasteiger partial charge in [-0.15, -0.1) is 0 Å². The Hall–Kier alpha value is -3.08. The number of aryl methyl sites for hydroxylation is 1. The molecule has 0 bridgehead atoms. The van der Waals surface area contributed by atoms with E-state index < -0.39 is 35.4 Å². The minimum Gasteiger partial charge on any atom is -0.394 e. The third-order valence-electron chi connectivity index (χ3n) is 9.22. The lowest BCUT2D eigenvalue weighted by Gasteiger charge is -2.38. The normalized spacial score (nSPS) is 21.2. The van der Waals surface area contributed by atoms with E-state index in [1.807, 2.05) is 64.1 Å². The number of benzene rings is 2. The maximum absolute atomic E-state index is 13.2. The first-order valence-electron chi connectivity index (χ1n) is 16.8. The number of carbonyl (C=O) groups is 2. The minimum absolute atomic E-state index is 0.195. The highest BCUT2D eigenvalue weighted by molar-refractivity contribution is 5.93. The molecular formula is C38H57N3O6. The Bertz CT molecular complexity index is 1380. The van der Waals surface area contributed by atoms with Crippen LogP contribution >= 0.6 is 0 Å². The zero-order valence-electron chi connectivity index (χ0n) is 29.8. The summed E-state index contributed by atoms with van der Waals surface area (Å²) in [5.41, 5.74) is 4.34. The fourth-order valence-corrected chi connectivity index (χ4v) is 5.72. The van der Waals surface area contributed by atoms with E-state index >= 15 is 0 Å². The van der Waals surface area contributed by atoms with E-state index in [1.165, 1.54) is 5.56 Å². The molecular weight excluding hydrogens is 594 g/mol. The Morgan fingerprint density at radius 2 is 1.74 bits per heavy atom. The molecule has 5 N–H and O–H groups in total. The monoisotopic (exact) mass is 651 g/mol. The summed E-state index contributed by atoms with van der Waals surface area (Å²) in [7, 11) is 3.88. The Balaban J connectivity index is 1.76. The summed E-state index contributed by atoms with van der Waals surface area (Å²) in [4.78, 5) is 27.9. The first kappa shape index (κ1) is 38.4. The molecule has 9 heteroatoms. The largest absolute Gasteiger partial charge is 0.394 e. The van der Waals surface area contributed by atoms with Gasteiger partial charge >= 0.3 is 0 Å². The van der Waals surface area contributed by atoms with Crippen molar-refractivity contribution in [2.24, 2.45) is 5.41 Å². The van der Waals surface area contributed by atoms with Crippen LogP contribution in [0.25, 0.3) is 6.08 Å². The summed E-state index contributed by atoms with van der Waals surface area (Å²) in [5.74, 6) is -0.138. The Labute approximate surface area is 281 Å². The smallest absolute Gasteiger partial charge is 0.245 e. The first-order chi connectivity index (χ1) is 22.0. The molecule has 1 saturated heterocycles. The molecule has 9 nitrogen and oxygen atoms in total. The molecule has 5 unspecified atom stereocenters. The van der Waals surface area contributed by atoms with Gasteiger partial charge in [-0.1, -0.05) is 62.4 Å². The highest BCUT2D eigenvalue weighted by atomic mass is 16.5. The van der Waals surface area contributed by atoms with Gasteiger partial charge in [-0.05, 0) is 101 Å². The summed E-state index contributed by atoms with van der Waals surface area (Å²) < 4.78 is 6.05. The number of aliphatic hydroxyl groups is 3. The number of amides is 2. The molecule has 1 aliphatic heterocycles. The van der Waals surface area contributed by atoms with Crippen molar-refractivity contribution in [3.63, 3.8) is 0 Å². The molecule has 1 aliphatic rings. The number of nitrogens with one attached hydrogen (secondary N) is 2. The summed E-state index contributed by atoms with van der Waals surface area (Å²) in [5, 5.41) is 36.8. The molecule has 2 aromatic carbocycles. The van der Waals surface area contributed by atoms with Gasteiger partial charge < -0.3 is 35.6 Å². The van der Waals surface area contributed by atoms with E-state index in [0.29, 0.717) is 25.4 Å². The van der Waals surface area contributed by atoms with Gasteiger partial charge in [0.25, 0.3) is 0 Å². The van der Waals surface area contributed by atoms with Crippen LogP contribution in [0.1, 0.15) is 99.8 Å². The fraction of sp³-hybridized carbons (Fsp3) is 0.579. The molecule has 0 aromatic heterocycles. The topological polar surface area (TPSA) is 131 Å². The number of nitrogens with zero attached hydrogens (tertiary/aromatic N) is 1. The molecule has 0 radical (unpaired) electrons. The van der Waals surface area contributed by atoms with Crippen LogP contribution in [0.15, 0.2) is 42.5 Å². The van der Waals surface area contributed by atoms with E-state index in [0.717, 1.165) is 34.2 Å². The zero-order valence-corrected chi connectivity index (χ0v) is 29.8. The zero-order chi connectivity index (χ0) is 35.1. The minimum atomic E-state index is -1.08. The second-order valence-corrected chi connectivity index (χ2v) is 14.5. The lowest BCUT2D eigenvalue weighted by Crippen LogP contribution is -2.57. The van der Waals surface area contributed by atoms with E-state index in [4.69, 9.17) is 4.74 Å². The van der Waals surface area contributed by atoms with Crippen LogP contribution in [-0.2, 0) is 20.7 Å². The van der Waals surface area contributed by atoms with E-state index in [2.05, 4.69) is 48.7 Å². The number of ether oxygens (including phenoxy) is 1. The van der Waals surface area contributed by atoms with Gasteiger partial charge in [0.15, 0.2) is 0 Å². The van der Waals surface area contributed by atoms with E-state index in [-0.39, 0.29) is 24.8 Å². The van der Waals surface area contributed by atoms with Crippen LogP contribution in [0.3, 0.4) is 0 Å². The van der Waals surface area contributed by atoms with Gasteiger partial charge in [-0.2, -0.15) is 0 Å². The van der Waals surface area contributed by atoms with Crippen LogP contribution in [-0.4, -0.2) is 89.7 Å². The van der Waals surface area contributed by atoms with Crippen molar-refractivity contribution in [2.45, 2.75) is 104 Å². The molecule has 1 fully saturated rings. The molecule has 2 aromatic rings. The van der Waals surface area contributed by atoms with Crippen molar-refractivity contribution in [3.8, 4) is 0 Å². The summed E-state index contributed by atoms with van der Waals surface area (Å²) in [6.45, 7) is 14.4. The first-order valence-corrected chi connectivity index (χ1v) is 16.8. The van der Waals surface area contributed by atoms with Gasteiger partial charge in [0.05, 0.1) is 24.2 Å². The fourth-order valence-electron chi connectivity index (χ4n) is 5.72. The highest BCUT2D eigenvalue weighted by Crippen LogP contribution is 2.37. The number of hydrogen-bond donors (Lipinski definition) is 5. The van der Waals surface area contributed by atoms with Gasteiger partial charge in [0.2, 0.25) is 11.8 Å². The van der Waals surface area contributed by atoms with Crippen LogP contribution in [0.2, 0.25) is 0 Å². The van der Waals surface area contributed by atoms with Gasteiger partial charge in [-0.25, -0.2) is 0 Å². The second kappa shape index (κ2) is 16.3. The van der Waals surface area contributed by atoms with Crippen molar-refractivity contribution in [1.29, 1.82) is 0 Å².